The minimum absolute atomic E-state index is 0.0705. The molecule has 9 heteroatoms. The van der Waals surface area contributed by atoms with Crippen LogP contribution in [-0.4, -0.2) is 32.0 Å². The second-order valence-corrected chi connectivity index (χ2v) is 7.45. The highest BCUT2D eigenvalue weighted by molar-refractivity contribution is 7.99. The van der Waals surface area contributed by atoms with E-state index < -0.39 is 0 Å². The second kappa shape index (κ2) is 7.89. The van der Waals surface area contributed by atoms with Crippen LogP contribution in [0, 0.1) is 6.92 Å². The molecule has 144 valence electrons. The summed E-state index contributed by atoms with van der Waals surface area (Å²) in [5.41, 5.74) is 0.909. The Bertz CT molecular complexity index is 1060. The van der Waals surface area contributed by atoms with Crippen molar-refractivity contribution in [2.75, 3.05) is 7.11 Å². The van der Waals surface area contributed by atoms with E-state index in [1.165, 1.54) is 11.8 Å². The number of furan rings is 1. The Hall–Kier alpha value is -3.07. The summed E-state index contributed by atoms with van der Waals surface area (Å²) < 4.78 is 18.2. The van der Waals surface area contributed by atoms with Crippen molar-refractivity contribution in [3.05, 3.63) is 60.1 Å². The molecule has 1 atom stereocenters. The Morgan fingerprint density at radius 2 is 2.11 bits per heavy atom. The number of aryl methyl sites for hydroxylation is 1. The summed E-state index contributed by atoms with van der Waals surface area (Å²) >= 11 is 1.50. The van der Waals surface area contributed by atoms with Gasteiger partial charge in [0.1, 0.15) is 11.5 Å². The maximum Gasteiger partial charge on any atom is 0.239 e. The minimum atomic E-state index is -0.0705. The molecule has 1 aromatic carbocycles. The summed E-state index contributed by atoms with van der Waals surface area (Å²) in [5.74, 6) is 3.46. The molecule has 4 rings (SSSR count). The van der Waals surface area contributed by atoms with Gasteiger partial charge in [0.05, 0.1) is 25.2 Å². The normalized spacial score (nSPS) is 12.2. The number of hydrogen-bond donors (Lipinski definition) is 0. The average molecular weight is 397 g/mol. The first-order valence-corrected chi connectivity index (χ1v) is 9.59. The quantitative estimate of drug-likeness (QED) is 0.430. The van der Waals surface area contributed by atoms with Crippen LogP contribution in [0.4, 0.5) is 0 Å². The zero-order chi connectivity index (χ0) is 19.5. The van der Waals surface area contributed by atoms with Crippen molar-refractivity contribution >= 4 is 11.8 Å². The molecule has 4 aromatic rings. The van der Waals surface area contributed by atoms with Gasteiger partial charge in [0, 0.05) is 5.56 Å². The van der Waals surface area contributed by atoms with E-state index in [4.69, 9.17) is 13.7 Å². The van der Waals surface area contributed by atoms with Gasteiger partial charge in [0.25, 0.3) is 0 Å². The average Bonchev–Trinajstić information content (AvgIpc) is 3.45. The lowest BCUT2D eigenvalue weighted by atomic mass is 10.2. The molecule has 0 N–H and O–H groups in total. The number of rotatable bonds is 7. The van der Waals surface area contributed by atoms with Gasteiger partial charge in [-0.15, -0.1) is 10.2 Å². The van der Waals surface area contributed by atoms with Gasteiger partial charge < -0.3 is 13.7 Å². The van der Waals surface area contributed by atoms with Gasteiger partial charge in [-0.1, -0.05) is 29.1 Å². The van der Waals surface area contributed by atoms with E-state index in [0.717, 1.165) is 28.1 Å². The van der Waals surface area contributed by atoms with Gasteiger partial charge in [0.2, 0.25) is 5.89 Å². The van der Waals surface area contributed by atoms with E-state index in [1.807, 2.05) is 47.9 Å². The molecule has 3 aromatic heterocycles. The van der Waals surface area contributed by atoms with Crippen molar-refractivity contribution in [1.82, 2.24) is 24.9 Å². The second-order valence-electron chi connectivity index (χ2n) is 6.14. The molecule has 0 aliphatic carbocycles. The maximum absolute atomic E-state index is 5.54. The summed E-state index contributed by atoms with van der Waals surface area (Å²) in [4.78, 5) is 4.31. The monoisotopic (exact) mass is 397 g/mol. The molecular weight excluding hydrogens is 378 g/mol. The minimum Gasteiger partial charge on any atom is -0.497 e. The number of aromatic nitrogens is 5. The molecule has 0 radical (unpaired) electrons. The molecule has 0 saturated carbocycles. The van der Waals surface area contributed by atoms with Crippen molar-refractivity contribution in [2.24, 2.45) is 0 Å². The lowest BCUT2D eigenvalue weighted by Crippen LogP contribution is -2.04. The van der Waals surface area contributed by atoms with Crippen LogP contribution in [-0.2, 0) is 6.54 Å². The Morgan fingerprint density at radius 3 is 2.82 bits per heavy atom. The third-order valence-electron chi connectivity index (χ3n) is 4.11. The van der Waals surface area contributed by atoms with E-state index in [-0.39, 0.29) is 5.25 Å². The van der Waals surface area contributed by atoms with Crippen LogP contribution in [0.15, 0.2) is 56.8 Å². The van der Waals surface area contributed by atoms with E-state index >= 15 is 0 Å². The Labute approximate surface area is 165 Å². The third-order valence-corrected chi connectivity index (χ3v) is 5.18. The fourth-order valence-corrected chi connectivity index (χ4v) is 3.62. The SMILES string of the molecule is COc1cccc(-c2nnc(SC(C)c3nc(C)no3)n2Cc2ccco2)c1. The van der Waals surface area contributed by atoms with E-state index in [2.05, 4.69) is 20.3 Å². The standard InChI is InChI=1S/C19H19N5O3S/c1-12(18-20-13(2)23-27-18)28-19-22-21-17(14-6-4-7-15(10-14)25-3)24(19)11-16-8-5-9-26-16/h4-10,12H,11H2,1-3H3. The Kier molecular flexibility index (Phi) is 5.16. The summed E-state index contributed by atoms with van der Waals surface area (Å²) in [6.07, 6.45) is 1.65. The fourth-order valence-electron chi connectivity index (χ4n) is 2.74. The molecule has 0 aliphatic heterocycles. The first-order valence-electron chi connectivity index (χ1n) is 8.71. The number of methoxy groups -OCH3 is 1. The highest BCUT2D eigenvalue weighted by Gasteiger charge is 2.21. The van der Waals surface area contributed by atoms with Gasteiger partial charge in [-0.2, -0.15) is 4.98 Å². The molecule has 0 aliphatic rings. The molecule has 0 spiro atoms. The molecule has 0 fully saturated rings. The van der Waals surface area contributed by atoms with Gasteiger partial charge in [0.15, 0.2) is 16.8 Å². The summed E-state index contributed by atoms with van der Waals surface area (Å²) in [6.45, 7) is 4.30. The number of nitrogens with zero attached hydrogens (tertiary/aromatic N) is 5. The predicted molar refractivity (Wildman–Crippen MR) is 103 cm³/mol. The lowest BCUT2D eigenvalue weighted by molar-refractivity contribution is 0.376. The van der Waals surface area contributed by atoms with Crippen LogP contribution in [0.3, 0.4) is 0 Å². The highest BCUT2D eigenvalue weighted by Crippen LogP contribution is 2.35. The van der Waals surface area contributed by atoms with Crippen molar-refractivity contribution < 1.29 is 13.7 Å². The van der Waals surface area contributed by atoms with Crippen LogP contribution < -0.4 is 4.74 Å². The van der Waals surface area contributed by atoms with Gasteiger partial charge in [-0.05, 0) is 38.1 Å². The summed E-state index contributed by atoms with van der Waals surface area (Å²) in [7, 11) is 1.64. The first-order chi connectivity index (χ1) is 13.6. The summed E-state index contributed by atoms with van der Waals surface area (Å²) in [5, 5.41) is 13.4. The molecular formula is C19H19N5O3S. The third kappa shape index (κ3) is 3.79. The van der Waals surface area contributed by atoms with E-state index in [9.17, 15) is 0 Å². The Balaban J connectivity index is 1.70. The fraction of sp³-hybridized carbons (Fsp3) is 0.263. The molecule has 1 unspecified atom stereocenters. The topological polar surface area (TPSA) is 92.0 Å². The number of thioether (sulfide) groups is 1. The van der Waals surface area contributed by atoms with E-state index in [1.54, 1.807) is 20.3 Å². The molecule has 0 saturated heterocycles. The van der Waals surface area contributed by atoms with E-state index in [0.29, 0.717) is 18.3 Å². The number of hydrogen-bond acceptors (Lipinski definition) is 8. The predicted octanol–water partition coefficient (Wildman–Crippen LogP) is 4.14. The van der Waals surface area contributed by atoms with Crippen molar-refractivity contribution in [3.8, 4) is 17.1 Å². The van der Waals surface area contributed by atoms with Gasteiger partial charge in [-0.25, -0.2) is 0 Å². The molecule has 8 nitrogen and oxygen atoms in total. The molecule has 28 heavy (non-hydrogen) atoms. The summed E-state index contributed by atoms with van der Waals surface area (Å²) in [6, 6.07) is 11.5. The Morgan fingerprint density at radius 1 is 1.21 bits per heavy atom. The molecule has 3 heterocycles. The van der Waals surface area contributed by atoms with Crippen LogP contribution in [0.1, 0.15) is 29.6 Å². The van der Waals surface area contributed by atoms with Gasteiger partial charge >= 0.3 is 0 Å². The zero-order valence-electron chi connectivity index (χ0n) is 15.7. The van der Waals surface area contributed by atoms with Crippen molar-refractivity contribution in [2.45, 2.75) is 30.8 Å². The van der Waals surface area contributed by atoms with Crippen LogP contribution in [0.25, 0.3) is 11.4 Å². The highest BCUT2D eigenvalue weighted by atomic mass is 32.2. The van der Waals surface area contributed by atoms with Crippen molar-refractivity contribution in [3.63, 3.8) is 0 Å². The maximum atomic E-state index is 5.54. The lowest BCUT2D eigenvalue weighted by Gasteiger charge is -2.11. The van der Waals surface area contributed by atoms with Crippen LogP contribution in [0.2, 0.25) is 0 Å². The van der Waals surface area contributed by atoms with Crippen LogP contribution in [0.5, 0.6) is 5.75 Å². The molecule has 0 bridgehead atoms. The largest absolute Gasteiger partial charge is 0.497 e. The number of benzene rings is 1. The van der Waals surface area contributed by atoms with Crippen LogP contribution >= 0.6 is 11.8 Å². The number of ether oxygens (including phenoxy) is 1. The smallest absolute Gasteiger partial charge is 0.239 e. The van der Waals surface area contributed by atoms with Gasteiger partial charge in [-0.3, -0.25) is 4.57 Å². The first kappa shape index (κ1) is 18.3. The zero-order valence-corrected chi connectivity index (χ0v) is 16.5. The molecule has 0 amide bonds. The van der Waals surface area contributed by atoms with Crippen molar-refractivity contribution in [1.29, 1.82) is 0 Å².